The van der Waals surface area contributed by atoms with Crippen molar-refractivity contribution in [1.29, 1.82) is 0 Å². The van der Waals surface area contributed by atoms with Crippen LogP contribution in [0.5, 0.6) is 5.75 Å². The second-order valence-electron chi connectivity index (χ2n) is 7.79. The molecule has 5 nitrogen and oxygen atoms in total. The summed E-state index contributed by atoms with van der Waals surface area (Å²) < 4.78 is 7.45. The van der Waals surface area contributed by atoms with Crippen LogP contribution in [0.15, 0.2) is 103 Å². The zero-order chi connectivity index (χ0) is 22.6. The Bertz CT molecular complexity index is 1450. The number of amides is 1. The van der Waals surface area contributed by atoms with Gasteiger partial charge in [0.2, 0.25) is 11.7 Å². The number of benzene rings is 4. The summed E-state index contributed by atoms with van der Waals surface area (Å²) in [4.78, 5) is 25.8. The van der Waals surface area contributed by atoms with Gasteiger partial charge in [-0.1, -0.05) is 72.8 Å². The third kappa shape index (κ3) is 4.34. The molecule has 1 aromatic heterocycles. The fourth-order valence-corrected chi connectivity index (χ4v) is 4.02. The van der Waals surface area contributed by atoms with Crippen molar-refractivity contribution in [2.24, 2.45) is 0 Å². The molecule has 33 heavy (non-hydrogen) atoms. The number of aromatic nitrogens is 1. The Labute approximate surface area is 191 Å². The Morgan fingerprint density at radius 2 is 1.45 bits per heavy atom. The van der Waals surface area contributed by atoms with Gasteiger partial charge in [-0.15, -0.1) is 0 Å². The van der Waals surface area contributed by atoms with Gasteiger partial charge < -0.3 is 14.6 Å². The largest absolute Gasteiger partial charge is 0.485 e. The van der Waals surface area contributed by atoms with Gasteiger partial charge >= 0.3 is 0 Å². The molecule has 0 aliphatic carbocycles. The third-order valence-corrected chi connectivity index (χ3v) is 5.58. The molecule has 0 aliphatic rings. The summed E-state index contributed by atoms with van der Waals surface area (Å²) in [6.45, 7) is 0.0246. The fourth-order valence-electron chi connectivity index (χ4n) is 4.02. The molecular formula is C28H22N2O3. The van der Waals surface area contributed by atoms with E-state index < -0.39 is 0 Å². The number of hydrogen-bond acceptors (Lipinski definition) is 3. The van der Waals surface area contributed by atoms with E-state index in [1.165, 1.54) is 0 Å². The first-order valence-electron chi connectivity index (χ1n) is 10.8. The van der Waals surface area contributed by atoms with Crippen LogP contribution in [0.3, 0.4) is 0 Å². The SMILES string of the molecule is O=C(Cn1cc(C(=O)COc2ccccc2)c2ccccc21)Nc1cccc2ccccc12. The van der Waals surface area contributed by atoms with Gasteiger partial charge in [0.25, 0.3) is 0 Å². The van der Waals surface area contributed by atoms with Crippen LogP contribution >= 0.6 is 0 Å². The molecule has 0 saturated heterocycles. The first-order chi connectivity index (χ1) is 16.2. The van der Waals surface area contributed by atoms with E-state index in [0.717, 1.165) is 27.4 Å². The van der Waals surface area contributed by atoms with Crippen LogP contribution in [0, 0.1) is 0 Å². The summed E-state index contributed by atoms with van der Waals surface area (Å²) in [6.07, 6.45) is 1.74. The minimum Gasteiger partial charge on any atom is -0.485 e. The van der Waals surface area contributed by atoms with E-state index in [1.807, 2.05) is 102 Å². The van der Waals surface area contributed by atoms with Crippen molar-refractivity contribution in [2.45, 2.75) is 6.54 Å². The molecule has 0 unspecified atom stereocenters. The minimum atomic E-state index is -0.161. The van der Waals surface area contributed by atoms with E-state index in [9.17, 15) is 9.59 Å². The van der Waals surface area contributed by atoms with Gasteiger partial charge in [0.1, 0.15) is 12.3 Å². The topological polar surface area (TPSA) is 60.3 Å². The number of para-hydroxylation sites is 2. The van der Waals surface area contributed by atoms with E-state index in [4.69, 9.17) is 4.74 Å². The highest BCUT2D eigenvalue weighted by molar-refractivity contribution is 6.09. The molecule has 0 radical (unpaired) electrons. The molecule has 1 amide bonds. The van der Waals surface area contributed by atoms with Crippen molar-refractivity contribution in [2.75, 3.05) is 11.9 Å². The molecule has 162 valence electrons. The lowest BCUT2D eigenvalue weighted by Gasteiger charge is -2.10. The number of nitrogens with zero attached hydrogens (tertiary/aromatic N) is 1. The van der Waals surface area contributed by atoms with Crippen LogP contribution in [0.2, 0.25) is 0 Å². The van der Waals surface area contributed by atoms with Gasteiger partial charge in [-0.3, -0.25) is 9.59 Å². The smallest absolute Gasteiger partial charge is 0.244 e. The number of fused-ring (bicyclic) bond motifs is 2. The van der Waals surface area contributed by atoms with Gasteiger partial charge in [-0.25, -0.2) is 0 Å². The van der Waals surface area contributed by atoms with Crippen molar-refractivity contribution >= 4 is 39.1 Å². The number of carbonyl (C=O) groups is 2. The van der Waals surface area contributed by atoms with Gasteiger partial charge in [-0.05, 0) is 29.7 Å². The highest BCUT2D eigenvalue weighted by Crippen LogP contribution is 2.25. The van der Waals surface area contributed by atoms with Crippen molar-refractivity contribution in [3.05, 3.63) is 109 Å². The Balaban J connectivity index is 1.37. The molecule has 0 fully saturated rings. The average molecular weight is 434 g/mol. The van der Waals surface area contributed by atoms with Crippen molar-refractivity contribution in [1.82, 2.24) is 4.57 Å². The second-order valence-corrected chi connectivity index (χ2v) is 7.79. The van der Waals surface area contributed by atoms with Crippen molar-refractivity contribution in [3.8, 4) is 5.75 Å². The third-order valence-electron chi connectivity index (χ3n) is 5.58. The molecule has 5 aromatic rings. The molecule has 0 saturated carbocycles. The predicted molar refractivity (Wildman–Crippen MR) is 131 cm³/mol. The summed E-state index contributed by atoms with van der Waals surface area (Å²) in [5.74, 6) is 0.346. The standard InChI is InChI=1S/C28H22N2O3/c31-27(19-33-21-11-2-1-3-12-21)24-17-30(26-16-7-6-14-23(24)26)18-28(32)29-25-15-8-10-20-9-4-5-13-22(20)25/h1-17H,18-19H2,(H,29,32). The number of ketones is 1. The lowest BCUT2D eigenvalue weighted by molar-refractivity contribution is -0.116. The molecule has 1 N–H and O–H groups in total. The van der Waals surface area contributed by atoms with E-state index in [1.54, 1.807) is 6.20 Å². The Morgan fingerprint density at radius 3 is 2.30 bits per heavy atom. The minimum absolute atomic E-state index is 0.0692. The number of hydrogen-bond donors (Lipinski definition) is 1. The zero-order valence-corrected chi connectivity index (χ0v) is 17.9. The number of carbonyl (C=O) groups excluding carboxylic acids is 2. The van der Waals surface area contributed by atoms with Crippen molar-refractivity contribution in [3.63, 3.8) is 0 Å². The maximum Gasteiger partial charge on any atom is 0.244 e. The lowest BCUT2D eigenvalue weighted by Crippen LogP contribution is -2.18. The highest BCUT2D eigenvalue weighted by atomic mass is 16.5. The Hall–Kier alpha value is -4.38. The molecule has 0 spiro atoms. The van der Waals surface area contributed by atoms with E-state index in [2.05, 4.69) is 5.32 Å². The summed E-state index contributed by atoms with van der Waals surface area (Å²) in [7, 11) is 0. The normalized spacial score (nSPS) is 10.9. The Kier molecular flexibility index (Phi) is 5.60. The zero-order valence-electron chi connectivity index (χ0n) is 17.9. The van der Waals surface area contributed by atoms with Gasteiger partial charge in [-0.2, -0.15) is 0 Å². The quantitative estimate of drug-likeness (QED) is 0.335. The van der Waals surface area contributed by atoms with E-state index >= 15 is 0 Å². The number of anilines is 1. The molecule has 0 bridgehead atoms. The summed E-state index contributed by atoms with van der Waals surface area (Å²) in [5.41, 5.74) is 2.13. The van der Waals surface area contributed by atoms with E-state index in [-0.39, 0.29) is 24.8 Å². The number of nitrogens with one attached hydrogen (secondary N) is 1. The van der Waals surface area contributed by atoms with Gasteiger partial charge in [0.05, 0.1) is 0 Å². The maximum absolute atomic E-state index is 12.9. The van der Waals surface area contributed by atoms with Crippen LogP contribution in [0.4, 0.5) is 5.69 Å². The van der Waals surface area contributed by atoms with Crippen LogP contribution in [0.1, 0.15) is 10.4 Å². The van der Waals surface area contributed by atoms with Crippen LogP contribution in [-0.2, 0) is 11.3 Å². The highest BCUT2D eigenvalue weighted by Gasteiger charge is 2.17. The lowest BCUT2D eigenvalue weighted by atomic mass is 10.1. The van der Waals surface area contributed by atoms with Crippen molar-refractivity contribution < 1.29 is 14.3 Å². The molecule has 5 heteroatoms. The molecule has 0 aliphatic heterocycles. The summed E-state index contributed by atoms with van der Waals surface area (Å²) in [6, 6.07) is 30.6. The first-order valence-corrected chi connectivity index (χ1v) is 10.8. The molecule has 5 rings (SSSR count). The summed E-state index contributed by atoms with van der Waals surface area (Å²) in [5, 5.41) is 5.87. The molecule has 1 heterocycles. The van der Waals surface area contributed by atoms with Gasteiger partial charge in [0, 0.05) is 33.7 Å². The summed E-state index contributed by atoms with van der Waals surface area (Å²) >= 11 is 0. The predicted octanol–water partition coefficient (Wildman–Crippen LogP) is 5.69. The van der Waals surface area contributed by atoms with E-state index in [0.29, 0.717) is 11.3 Å². The van der Waals surface area contributed by atoms with Crippen LogP contribution in [-0.4, -0.2) is 22.9 Å². The second kappa shape index (κ2) is 9.01. The molecule has 4 aromatic carbocycles. The fraction of sp³-hybridized carbons (Fsp3) is 0.0714. The number of rotatable bonds is 7. The monoisotopic (exact) mass is 434 g/mol. The number of Topliss-reactive ketones (excluding diaryl/α,β-unsaturated/α-hetero) is 1. The average Bonchev–Trinajstić information content (AvgIpc) is 3.22. The van der Waals surface area contributed by atoms with Crippen LogP contribution < -0.4 is 10.1 Å². The van der Waals surface area contributed by atoms with Crippen LogP contribution in [0.25, 0.3) is 21.7 Å². The maximum atomic E-state index is 12.9. The van der Waals surface area contributed by atoms with Gasteiger partial charge in [0.15, 0.2) is 6.61 Å². The number of ether oxygens (including phenoxy) is 1. The molecule has 0 atom stereocenters. The molecular weight excluding hydrogens is 412 g/mol. The Morgan fingerprint density at radius 1 is 0.758 bits per heavy atom. The first kappa shape index (κ1) is 20.5.